The smallest absolute Gasteiger partial charge is 0.161 e. The number of aromatic nitrogens is 1. The Hall–Kier alpha value is -3.10. The van der Waals surface area contributed by atoms with Crippen molar-refractivity contribution >= 4 is 21.6 Å². The van der Waals surface area contributed by atoms with Gasteiger partial charge >= 0.3 is 0 Å². The van der Waals surface area contributed by atoms with Gasteiger partial charge in [-0.3, -0.25) is 0 Å². The van der Waals surface area contributed by atoms with Gasteiger partial charge in [0.1, 0.15) is 11.9 Å². The molecule has 0 amide bonds. The van der Waals surface area contributed by atoms with E-state index < -0.39 is 48.3 Å². The molecule has 2 aromatic rings. The van der Waals surface area contributed by atoms with Crippen molar-refractivity contribution in [3.63, 3.8) is 0 Å². The number of nitrogens with two attached hydrogens (primary N) is 1. The SMILES string of the molecule is C[C@H](O)CN[C@H]1CC[C@H](O)[C@@H]2[C@H](O)C[C@@H]3C(=C[C@@H]2C#C[C@H](CCO)C1)CCc1cc(O)c(O[C@@H]2C[C@H](Cc4ccc[nH]4)C4=CCNC(N)=C4CSSC[C@H](CO)[C@H]2O)cc13. The molecule has 3 heterocycles. The van der Waals surface area contributed by atoms with E-state index in [1.807, 2.05) is 24.4 Å². The summed E-state index contributed by atoms with van der Waals surface area (Å²) in [6.45, 7) is 2.51. The van der Waals surface area contributed by atoms with Crippen LogP contribution in [0.2, 0.25) is 0 Å². The fraction of sp³-hybridized carbons (Fsp3) is 0.609. The number of fused-ring (bicyclic) bond motifs is 5. The number of hydrogen-bond donors (Lipinski definition) is 11. The number of aryl methyl sites for hydroxylation is 1. The quantitative estimate of drug-likeness (QED) is 0.0937. The van der Waals surface area contributed by atoms with E-state index in [-0.39, 0.29) is 48.5 Å². The van der Waals surface area contributed by atoms with Crippen LogP contribution in [-0.2, 0) is 12.8 Å². The number of benzene rings is 1. The highest BCUT2D eigenvalue weighted by Gasteiger charge is 2.41. The Morgan fingerprint density at radius 3 is 2.67 bits per heavy atom. The first kappa shape index (κ1) is 44.9. The molecule has 3 aliphatic carbocycles. The van der Waals surface area contributed by atoms with Crippen molar-refractivity contribution in [2.24, 2.45) is 35.3 Å². The second-order valence-electron chi connectivity index (χ2n) is 17.5. The van der Waals surface area contributed by atoms with Crippen molar-refractivity contribution < 1.29 is 40.5 Å². The first-order valence-corrected chi connectivity index (χ1v) is 24.2. The average Bonchev–Trinajstić information content (AvgIpc) is 3.68. The summed E-state index contributed by atoms with van der Waals surface area (Å²) in [6, 6.07) is 7.64. The second kappa shape index (κ2) is 20.8. The third-order valence-electron chi connectivity index (χ3n) is 13.2. The van der Waals surface area contributed by atoms with Crippen LogP contribution in [0.5, 0.6) is 11.5 Å². The average molecular weight is 865 g/mol. The lowest BCUT2D eigenvalue weighted by molar-refractivity contribution is -0.0214. The Bertz CT molecular complexity index is 1910. The first-order chi connectivity index (χ1) is 29.0. The van der Waals surface area contributed by atoms with Crippen LogP contribution in [-0.4, -0.2) is 115 Å². The standard InChI is InChI=1S/C46H64N4O8S2/c1-26(53)22-50-34-8-9-39(54)44-30(5-4-27(15-34)11-14-51)16-28-6-7-29-18-40(55)42(21-37(29)36(28)20-41(44)56)58-43-19-31(17-33-3-2-12-48-33)35-10-13-49-46(47)38(35)25-60-59-24-32(23-52)45(43)57/h2-3,10,12,16,18,21,26-27,30-32,34,36,39,41,43-45,48-57H,6-9,11,13-15,17,19-20,22-25,47H2,1H3/t26-,27+,30-,31-,32-,34-,36+,39-,41+,43+,44+,45+/m0/s1. The van der Waals surface area contributed by atoms with Crippen molar-refractivity contribution in [2.45, 2.75) is 107 Å². The molecule has 1 saturated heterocycles. The Balaban J connectivity index is 1.21. The molecule has 7 rings (SSSR count). The van der Waals surface area contributed by atoms with Gasteiger partial charge < -0.3 is 61.8 Å². The molecule has 5 aliphatic rings. The Morgan fingerprint density at radius 1 is 1.05 bits per heavy atom. The number of ether oxygens (including phenoxy) is 1. The van der Waals surface area contributed by atoms with Crippen LogP contribution in [0.4, 0.5) is 0 Å². The van der Waals surface area contributed by atoms with Crippen molar-refractivity contribution in [1.29, 1.82) is 0 Å². The van der Waals surface area contributed by atoms with Gasteiger partial charge in [-0.25, -0.2) is 0 Å². The van der Waals surface area contributed by atoms with E-state index in [1.54, 1.807) is 34.6 Å². The third-order valence-corrected chi connectivity index (χ3v) is 15.6. The van der Waals surface area contributed by atoms with Crippen molar-refractivity contribution in [3.8, 4) is 23.3 Å². The second-order valence-corrected chi connectivity index (χ2v) is 20.0. The zero-order valence-corrected chi connectivity index (χ0v) is 36.1. The summed E-state index contributed by atoms with van der Waals surface area (Å²) in [5, 5.41) is 84.6. The predicted molar refractivity (Wildman–Crippen MR) is 237 cm³/mol. The van der Waals surface area contributed by atoms with Gasteiger partial charge in [-0.2, -0.15) is 0 Å². The van der Waals surface area contributed by atoms with E-state index in [4.69, 9.17) is 10.5 Å². The minimum absolute atomic E-state index is 0.00444. The van der Waals surface area contributed by atoms with E-state index >= 15 is 0 Å². The zero-order chi connectivity index (χ0) is 42.3. The summed E-state index contributed by atoms with van der Waals surface area (Å²) in [5.41, 5.74) is 12.8. The zero-order valence-electron chi connectivity index (χ0n) is 34.5. The van der Waals surface area contributed by atoms with Gasteiger partial charge in [0.2, 0.25) is 0 Å². The number of phenolic OH excluding ortho intramolecular Hbond substituents is 1. The first-order valence-electron chi connectivity index (χ1n) is 21.7. The lowest BCUT2D eigenvalue weighted by atomic mass is 9.76. The maximum atomic E-state index is 12.1. The fourth-order valence-corrected chi connectivity index (χ4v) is 12.5. The van der Waals surface area contributed by atoms with Crippen LogP contribution in [0.1, 0.15) is 74.6 Å². The van der Waals surface area contributed by atoms with Gasteiger partial charge in [0.05, 0.1) is 24.4 Å². The third kappa shape index (κ3) is 10.7. The Morgan fingerprint density at radius 2 is 1.90 bits per heavy atom. The predicted octanol–water partition coefficient (Wildman–Crippen LogP) is 3.62. The number of phenols is 1. The van der Waals surface area contributed by atoms with Crippen LogP contribution >= 0.6 is 21.6 Å². The van der Waals surface area contributed by atoms with Crippen LogP contribution in [0.15, 0.2) is 65.2 Å². The van der Waals surface area contributed by atoms with E-state index in [1.165, 1.54) is 0 Å². The van der Waals surface area contributed by atoms with Gasteiger partial charge in [-0.1, -0.05) is 51.2 Å². The van der Waals surface area contributed by atoms with Crippen molar-refractivity contribution in [3.05, 3.63) is 82.0 Å². The number of dihydropyridines is 1. The van der Waals surface area contributed by atoms with E-state index in [9.17, 15) is 35.7 Å². The van der Waals surface area contributed by atoms with Crippen LogP contribution in [0.3, 0.4) is 0 Å². The summed E-state index contributed by atoms with van der Waals surface area (Å²) < 4.78 is 6.80. The highest BCUT2D eigenvalue weighted by atomic mass is 33.1. The summed E-state index contributed by atoms with van der Waals surface area (Å²) >= 11 is 0. The molecule has 0 spiro atoms. The number of nitrogens with one attached hydrogen (secondary N) is 3. The molecule has 0 radical (unpaired) electrons. The molecule has 1 aromatic carbocycles. The number of H-pyrrole nitrogens is 1. The number of hydrogen-bond acceptors (Lipinski definition) is 13. The summed E-state index contributed by atoms with van der Waals surface area (Å²) in [7, 11) is 3.24. The molecule has 2 aliphatic heterocycles. The van der Waals surface area contributed by atoms with Gasteiger partial charge in [0.15, 0.2) is 11.5 Å². The normalized spacial score (nSPS) is 33.0. The molecule has 12 atom stereocenters. The van der Waals surface area contributed by atoms with Crippen LogP contribution < -0.4 is 21.1 Å². The van der Waals surface area contributed by atoms with Crippen LogP contribution in [0.25, 0.3) is 0 Å². The molecule has 1 fully saturated rings. The number of aliphatic hydroxyl groups excluding tert-OH is 6. The van der Waals surface area contributed by atoms with Crippen molar-refractivity contribution in [1.82, 2.24) is 15.6 Å². The molecule has 328 valence electrons. The lowest BCUT2D eigenvalue weighted by Gasteiger charge is -2.35. The van der Waals surface area contributed by atoms with Gasteiger partial charge in [-0.15, -0.1) is 0 Å². The van der Waals surface area contributed by atoms with E-state index in [0.29, 0.717) is 81.8 Å². The lowest BCUT2D eigenvalue weighted by Crippen LogP contribution is -2.42. The molecule has 0 saturated carbocycles. The number of allylic oxidation sites excluding steroid dienone is 3. The molecule has 60 heavy (non-hydrogen) atoms. The fourth-order valence-electron chi connectivity index (χ4n) is 9.98. The maximum Gasteiger partial charge on any atom is 0.161 e. The topological polar surface area (TPSA) is 217 Å². The number of aromatic amines is 1. The minimum Gasteiger partial charge on any atom is -0.504 e. The molecule has 14 heteroatoms. The molecular weight excluding hydrogens is 801 g/mol. The van der Waals surface area contributed by atoms with E-state index in [2.05, 4.69) is 39.6 Å². The Labute approximate surface area is 361 Å². The molecule has 12 nitrogen and oxygen atoms in total. The number of aromatic hydroxyl groups is 1. The van der Waals surface area contributed by atoms with Gasteiger partial charge in [-0.05, 0) is 112 Å². The van der Waals surface area contributed by atoms with Crippen molar-refractivity contribution in [2.75, 3.05) is 37.8 Å². The largest absolute Gasteiger partial charge is 0.504 e. The molecule has 0 bridgehead atoms. The number of rotatable bonds is 10. The molecular formula is C46H64N4O8S2. The molecule has 1 aromatic heterocycles. The summed E-state index contributed by atoms with van der Waals surface area (Å²) in [5.74, 6) is 7.09. The summed E-state index contributed by atoms with van der Waals surface area (Å²) in [4.78, 5) is 3.34. The molecule has 12 N–H and O–H groups in total. The molecule has 0 unspecified atom stereocenters. The highest BCUT2D eigenvalue weighted by molar-refractivity contribution is 8.76. The maximum absolute atomic E-state index is 12.1. The van der Waals surface area contributed by atoms with Crippen LogP contribution in [0, 0.1) is 41.4 Å². The minimum atomic E-state index is -1.05. The Kier molecular flexibility index (Phi) is 15.6. The highest BCUT2D eigenvalue weighted by Crippen LogP contribution is 2.48. The van der Waals surface area contributed by atoms with E-state index in [0.717, 1.165) is 40.0 Å². The van der Waals surface area contributed by atoms with Gasteiger partial charge in [0.25, 0.3) is 0 Å². The number of aliphatic hydroxyl groups is 6. The van der Waals surface area contributed by atoms with Gasteiger partial charge in [0, 0.05) is 90.9 Å². The summed E-state index contributed by atoms with van der Waals surface area (Å²) in [6.07, 6.45) is 7.24. The monoisotopic (exact) mass is 864 g/mol.